The third kappa shape index (κ3) is 3.22. The van der Waals surface area contributed by atoms with Gasteiger partial charge in [0.2, 0.25) is 10.0 Å². The van der Waals surface area contributed by atoms with E-state index in [2.05, 4.69) is 14.7 Å². The van der Waals surface area contributed by atoms with E-state index in [1.54, 1.807) is 6.20 Å². The van der Waals surface area contributed by atoms with Crippen LogP contribution in [0.3, 0.4) is 0 Å². The summed E-state index contributed by atoms with van der Waals surface area (Å²) in [5.41, 5.74) is -0.246. The summed E-state index contributed by atoms with van der Waals surface area (Å²) in [4.78, 5) is 30.3. The van der Waals surface area contributed by atoms with Gasteiger partial charge in [0.05, 0.1) is 5.69 Å². The molecule has 0 bridgehead atoms. The second kappa shape index (κ2) is 5.82. The second-order valence-electron chi connectivity index (χ2n) is 4.78. The van der Waals surface area contributed by atoms with Crippen LogP contribution in [0.25, 0.3) is 5.65 Å². The summed E-state index contributed by atoms with van der Waals surface area (Å²) in [6, 6.07) is 5.56. The molecule has 0 unspecified atom stereocenters. The summed E-state index contributed by atoms with van der Waals surface area (Å²) < 4.78 is 28.2. The Morgan fingerprint density at radius 1 is 1.26 bits per heavy atom. The molecule has 3 aromatic rings. The monoisotopic (exact) mass is 335 g/mol. The Bertz CT molecular complexity index is 1030. The molecule has 120 valence electrons. The fourth-order valence-corrected chi connectivity index (χ4v) is 3.13. The first kappa shape index (κ1) is 15.2. The zero-order valence-corrected chi connectivity index (χ0v) is 12.6. The molecule has 0 aromatic carbocycles. The molecule has 0 aliphatic carbocycles. The number of nitrogens with zero attached hydrogens (tertiary/aromatic N) is 2. The van der Waals surface area contributed by atoms with E-state index in [9.17, 15) is 18.0 Å². The quantitative estimate of drug-likeness (QED) is 0.564. The molecule has 3 rings (SSSR count). The molecule has 0 amide bonds. The van der Waals surface area contributed by atoms with Crippen LogP contribution in [-0.2, 0) is 16.4 Å². The van der Waals surface area contributed by atoms with Crippen molar-refractivity contribution in [3.8, 4) is 0 Å². The van der Waals surface area contributed by atoms with Crippen molar-refractivity contribution in [1.29, 1.82) is 0 Å². The number of sulfonamides is 1. The number of imidazole rings is 1. The molecule has 0 aliphatic heterocycles. The van der Waals surface area contributed by atoms with Gasteiger partial charge in [0, 0.05) is 31.6 Å². The van der Waals surface area contributed by atoms with Gasteiger partial charge in [-0.25, -0.2) is 22.9 Å². The SMILES string of the molecule is O=c1[nH]cc(S(=O)(=O)NCCc2cn3ccccc3n2)c(=O)[nH]1. The molecule has 3 aromatic heterocycles. The van der Waals surface area contributed by atoms with E-state index in [-0.39, 0.29) is 6.54 Å². The number of hydrogen-bond donors (Lipinski definition) is 3. The number of nitrogens with one attached hydrogen (secondary N) is 3. The third-order valence-electron chi connectivity index (χ3n) is 3.16. The van der Waals surface area contributed by atoms with Crippen LogP contribution < -0.4 is 16.0 Å². The zero-order valence-electron chi connectivity index (χ0n) is 11.8. The molecule has 3 heterocycles. The van der Waals surface area contributed by atoms with Crippen molar-refractivity contribution in [2.24, 2.45) is 0 Å². The van der Waals surface area contributed by atoms with Gasteiger partial charge < -0.3 is 9.38 Å². The molecule has 0 saturated heterocycles. The minimum Gasteiger partial charge on any atom is -0.313 e. The Morgan fingerprint density at radius 2 is 2.09 bits per heavy atom. The lowest BCUT2D eigenvalue weighted by molar-refractivity contribution is 0.579. The maximum atomic E-state index is 12.0. The smallest absolute Gasteiger partial charge is 0.313 e. The van der Waals surface area contributed by atoms with Crippen molar-refractivity contribution in [2.45, 2.75) is 11.3 Å². The molecule has 3 N–H and O–H groups in total. The van der Waals surface area contributed by atoms with Gasteiger partial charge in [-0.05, 0) is 12.1 Å². The van der Waals surface area contributed by atoms with E-state index in [0.29, 0.717) is 12.1 Å². The lowest BCUT2D eigenvalue weighted by atomic mass is 10.3. The molecule has 10 heteroatoms. The highest BCUT2D eigenvalue weighted by molar-refractivity contribution is 7.89. The summed E-state index contributed by atoms with van der Waals surface area (Å²) in [5, 5.41) is 0. The molecular weight excluding hydrogens is 322 g/mol. The number of rotatable bonds is 5. The van der Waals surface area contributed by atoms with Gasteiger partial charge in [-0.3, -0.25) is 9.78 Å². The van der Waals surface area contributed by atoms with Gasteiger partial charge in [-0.1, -0.05) is 6.07 Å². The van der Waals surface area contributed by atoms with Crippen LogP contribution in [-0.4, -0.2) is 34.3 Å². The summed E-state index contributed by atoms with van der Waals surface area (Å²) >= 11 is 0. The Morgan fingerprint density at radius 3 is 2.83 bits per heavy atom. The molecular formula is C13H13N5O4S. The van der Waals surface area contributed by atoms with Crippen LogP contribution in [0.2, 0.25) is 0 Å². The molecule has 23 heavy (non-hydrogen) atoms. The van der Waals surface area contributed by atoms with Crippen molar-refractivity contribution in [2.75, 3.05) is 6.54 Å². The summed E-state index contributed by atoms with van der Waals surface area (Å²) in [7, 11) is -4.01. The highest BCUT2D eigenvalue weighted by Crippen LogP contribution is 2.05. The topological polar surface area (TPSA) is 129 Å². The number of aromatic amines is 2. The fourth-order valence-electron chi connectivity index (χ4n) is 2.10. The van der Waals surface area contributed by atoms with Crippen LogP contribution in [0.5, 0.6) is 0 Å². The first-order valence-electron chi connectivity index (χ1n) is 6.70. The van der Waals surface area contributed by atoms with Crippen molar-refractivity contribution < 1.29 is 8.42 Å². The van der Waals surface area contributed by atoms with Crippen LogP contribution in [0.15, 0.2) is 51.3 Å². The lowest BCUT2D eigenvalue weighted by Crippen LogP contribution is -2.34. The van der Waals surface area contributed by atoms with E-state index in [4.69, 9.17) is 0 Å². The Labute approximate surface area is 130 Å². The Hall–Kier alpha value is -2.72. The van der Waals surface area contributed by atoms with E-state index in [1.165, 1.54) is 0 Å². The van der Waals surface area contributed by atoms with E-state index >= 15 is 0 Å². The van der Waals surface area contributed by atoms with Gasteiger partial charge >= 0.3 is 5.69 Å². The summed E-state index contributed by atoms with van der Waals surface area (Å²) in [6.45, 7) is 0.0742. The molecule has 9 nitrogen and oxygen atoms in total. The molecule has 0 atom stereocenters. The fraction of sp³-hybridized carbons (Fsp3) is 0.154. The highest BCUT2D eigenvalue weighted by atomic mass is 32.2. The van der Waals surface area contributed by atoms with Crippen molar-refractivity contribution in [3.63, 3.8) is 0 Å². The largest absolute Gasteiger partial charge is 0.325 e. The minimum absolute atomic E-state index is 0.0742. The lowest BCUT2D eigenvalue weighted by Gasteiger charge is -2.04. The van der Waals surface area contributed by atoms with E-state index in [1.807, 2.05) is 33.8 Å². The minimum atomic E-state index is -4.01. The number of H-pyrrole nitrogens is 2. The molecule has 0 aliphatic rings. The predicted molar refractivity (Wildman–Crippen MR) is 81.8 cm³/mol. The van der Waals surface area contributed by atoms with Crippen molar-refractivity contribution in [3.05, 3.63) is 63.3 Å². The summed E-state index contributed by atoms with van der Waals surface area (Å²) in [6.07, 6.45) is 4.88. The van der Waals surface area contributed by atoms with Gasteiger partial charge in [0.15, 0.2) is 4.90 Å². The van der Waals surface area contributed by atoms with Crippen molar-refractivity contribution in [1.82, 2.24) is 24.1 Å². The number of fused-ring (bicyclic) bond motifs is 1. The average molecular weight is 335 g/mol. The summed E-state index contributed by atoms with van der Waals surface area (Å²) in [5.74, 6) is 0. The molecule has 0 saturated carbocycles. The van der Waals surface area contributed by atoms with Gasteiger partial charge in [0.1, 0.15) is 5.65 Å². The third-order valence-corrected chi connectivity index (χ3v) is 4.63. The second-order valence-corrected chi connectivity index (χ2v) is 6.52. The van der Waals surface area contributed by atoms with Gasteiger partial charge in [0.25, 0.3) is 5.56 Å². The Balaban J connectivity index is 1.72. The zero-order chi connectivity index (χ0) is 16.4. The van der Waals surface area contributed by atoms with E-state index < -0.39 is 26.2 Å². The molecule has 0 spiro atoms. The van der Waals surface area contributed by atoms with Crippen LogP contribution in [0.1, 0.15) is 5.69 Å². The maximum absolute atomic E-state index is 12.0. The van der Waals surface area contributed by atoms with Gasteiger partial charge in [-0.15, -0.1) is 0 Å². The van der Waals surface area contributed by atoms with Crippen LogP contribution in [0.4, 0.5) is 0 Å². The highest BCUT2D eigenvalue weighted by Gasteiger charge is 2.18. The predicted octanol–water partition coefficient (Wildman–Crippen LogP) is -0.768. The number of hydrogen-bond acceptors (Lipinski definition) is 5. The van der Waals surface area contributed by atoms with Gasteiger partial charge in [-0.2, -0.15) is 0 Å². The normalized spacial score (nSPS) is 11.8. The first-order chi connectivity index (χ1) is 11.0. The Kier molecular flexibility index (Phi) is 3.84. The van der Waals surface area contributed by atoms with Crippen LogP contribution in [0, 0.1) is 0 Å². The number of aromatic nitrogens is 4. The maximum Gasteiger partial charge on any atom is 0.325 e. The first-order valence-corrected chi connectivity index (χ1v) is 8.18. The molecule has 0 radical (unpaired) electrons. The standard InChI is InChI=1S/C13H13N5O4S/c19-12-10(7-14-13(20)17-12)23(21,22)15-5-4-9-8-18-6-2-1-3-11(18)16-9/h1-3,6-8,15H,4-5H2,(H2,14,17,19,20). The van der Waals surface area contributed by atoms with Crippen LogP contribution >= 0.6 is 0 Å². The molecule has 0 fully saturated rings. The van der Waals surface area contributed by atoms with E-state index in [0.717, 1.165) is 11.8 Å². The van der Waals surface area contributed by atoms with Crippen molar-refractivity contribution >= 4 is 15.7 Å². The number of pyridine rings is 1. The average Bonchev–Trinajstić information content (AvgIpc) is 2.89.